The SMILES string of the molecule is CN(CCNC(=O)c1c(O)cccc1O)C1CC1. The van der Waals surface area contributed by atoms with Crippen LogP contribution in [0.4, 0.5) is 0 Å². The number of rotatable bonds is 5. The van der Waals surface area contributed by atoms with Crippen molar-refractivity contribution in [2.24, 2.45) is 0 Å². The smallest absolute Gasteiger partial charge is 0.258 e. The second-order valence-corrected chi connectivity index (χ2v) is 4.64. The summed E-state index contributed by atoms with van der Waals surface area (Å²) in [5.41, 5.74) is -0.0634. The van der Waals surface area contributed by atoms with E-state index in [4.69, 9.17) is 0 Å². The van der Waals surface area contributed by atoms with E-state index in [0.29, 0.717) is 12.6 Å². The Hall–Kier alpha value is -1.75. The largest absolute Gasteiger partial charge is 0.507 e. The van der Waals surface area contributed by atoms with Crippen molar-refractivity contribution in [3.8, 4) is 11.5 Å². The summed E-state index contributed by atoms with van der Waals surface area (Å²) in [6.07, 6.45) is 2.45. The highest BCUT2D eigenvalue weighted by Gasteiger charge is 2.25. The van der Waals surface area contributed by atoms with E-state index in [1.807, 2.05) is 7.05 Å². The molecule has 98 valence electrons. The number of phenolic OH excluding ortho intramolecular Hbond substituents is 2. The molecule has 0 aromatic heterocycles. The standard InChI is InChI=1S/C13H18N2O3/c1-15(9-5-6-9)8-7-14-13(18)12-10(16)3-2-4-11(12)17/h2-4,9,16-17H,5-8H2,1H3,(H,14,18). The Morgan fingerprint density at radius 2 is 2.00 bits per heavy atom. The number of nitrogens with zero attached hydrogens (tertiary/aromatic N) is 1. The van der Waals surface area contributed by atoms with E-state index < -0.39 is 5.91 Å². The number of carbonyl (C=O) groups excluding carboxylic acids is 1. The van der Waals surface area contributed by atoms with Gasteiger partial charge in [-0.25, -0.2) is 0 Å². The molecule has 1 aliphatic carbocycles. The quantitative estimate of drug-likeness (QED) is 0.726. The fraction of sp³-hybridized carbons (Fsp3) is 0.462. The normalized spacial score (nSPS) is 14.8. The van der Waals surface area contributed by atoms with Crippen molar-refractivity contribution < 1.29 is 15.0 Å². The summed E-state index contributed by atoms with van der Waals surface area (Å²) in [5, 5.41) is 21.8. The minimum absolute atomic E-state index is 0.0634. The third kappa shape index (κ3) is 2.92. The van der Waals surface area contributed by atoms with Crippen molar-refractivity contribution in [2.75, 3.05) is 20.1 Å². The summed E-state index contributed by atoms with van der Waals surface area (Å²) in [5.74, 6) is -0.860. The zero-order chi connectivity index (χ0) is 13.1. The molecular formula is C13H18N2O3. The highest BCUT2D eigenvalue weighted by atomic mass is 16.3. The molecule has 1 amide bonds. The third-order valence-electron chi connectivity index (χ3n) is 3.17. The Bertz CT molecular complexity index is 424. The molecule has 0 unspecified atom stereocenters. The molecule has 1 aliphatic rings. The summed E-state index contributed by atoms with van der Waals surface area (Å²) in [7, 11) is 2.03. The Morgan fingerprint density at radius 1 is 1.39 bits per heavy atom. The van der Waals surface area contributed by atoms with Crippen LogP contribution in [0.15, 0.2) is 18.2 Å². The summed E-state index contributed by atoms with van der Waals surface area (Å²) in [6, 6.07) is 4.90. The average Bonchev–Trinajstić information content (AvgIpc) is 3.12. The van der Waals surface area contributed by atoms with Crippen LogP contribution in [-0.2, 0) is 0 Å². The summed E-state index contributed by atoms with van der Waals surface area (Å²) >= 11 is 0. The predicted octanol–water partition coefficient (Wildman–Crippen LogP) is 0.922. The fourth-order valence-electron chi connectivity index (χ4n) is 1.89. The maximum absolute atomic E-state index is 11.8. The van der Waals surface area contributed by atoms with Gasteiger partial charge in [0.2, 0.25) is 0 Å². The van der Waals surface area contributed by atoms with Crippen molar-refractivity contribution in [1.82, 2.24) is 10.2 Å². The van der Waals surface area contributed by atoms with E-state index in [1.165, 1.54) is 31.0 Å². The summed E-state index contributed by atoms with van der Waals surface area (Å²) in [4.78, 5) is 14.0. The molecule has 1 fully saturated rings. The molecule has 3 N–H and O–H groups in total. The summed E-state index contributed by atoms with van der Waals surface area (Å²) < 4.78 is 0. The first kappa shape index (κ1) is 12.7. The Labute approximate surface area is 106 Å². The molecule has 0 aliphatic heterocycles. The van der Waals surface area contributed by atoms with Gasteiger partial charge in [0.25, 0.3) is 5.91 Å². The lowest BCUT2D eigenvalue weighted by molar-refractivity contribution is 0.0944. The molecule has 1 saturated carbocycles. The molecule has 0 bridgehead atoms. The van der Waals surface area contributed by atoms with Gasteiger partial charge in [-0.05, 0) is 32.0 Å². The van der Waals surface area contributed by atoms with Crippen LogP contribution < -0.4 is 5.32 Å². The fourth-order valence-corrected chi connectivity index (χ4v) is 1.89. The number of carbonyl (C=O) groups is 1. The third-order valence-corrected chi connectivity index (χ3v) is 3.17. The van der Waals surface area contributed by atoms with Gasteiger partial charge >= 0.3 is 0 Å². The van der Waals surface area contributed by atoms with Gasteiger partial charge in [-0.15, -0.1) is 0 Å². The maximum atomic E-state index is 11.8. The van der Waals surface area contributed by atoms with E-state index in [9.17, 15) is 15.0 Å². The monoisotopic (exact) mass is 250 g/mol. The number of aromatic hydroxyl groups is 2. The number of phenols is 2. The van der Waals surface area contributed by atoms with Gasteiger partial charge in [0.15, 0.2) is 0 Å². The van der Waals surface area contributed by atoms with Crippen LogP contribution >= 0.6 is 0 Å². The van der Waals surface area contributed by atoms with E-state index in [-0.39, 0.29) is 17.1 Å². The topological polar surface area (TPSA) is 72.8 Å². The average molecular weight is 250 g/mol. The number of hydrogen-bond donors (Lipinski definition) is 3. The lowest BCUT2D eigenvalue weighted by atomic mass is 10.1. The van der Waals surface area contributed by atoms with Gasteiger partial charge in [0, 0.05) is 19.1 Å². The highest BCUT2D eigenvalue weighted by molar-refractivity contribution is 5.99. The number of likely N-dealkylation sites (N-methyl/N-ethyl adjacent to an activating group) is 1. The second-order valence-electron chi connectivity index (χ2n) is 4.64. The second kappa shape index (κ2) is 5.27. The number of nitrogens with one attached hydrogen (secondary N) is 1. The van der Waals surface area contributed by atoms with E-state index >= 15 is 0 Å². The molecule has 0 atom stereocenters. The van der Waals surface area contributed by atoms with Crippen LogP contribution in [0.3, 0.4) is 0 Å². The van der Waals surface area contributed by atoms with Gasteiger partial charge < -0.3 is 20.4 Å². The highest BCUT2D eigenvalue weighted by Crippen LogP contribution is 2.26. The molecule has 0 radical (unpaired) electrons. The first-order valence-electron chi connectivity index (χ1n) is 6.09. The molecule has 0 saturated heterocycles. The lowest BCUT2D eigenvalue weighted by Crippen LogP contribution is -2.34. The molecule has 18 heavy (non-hydrogen) atoms. The first-order valence-corrected chi connectivity index (χ1v) is 6.09. The first-order chi connectivity index (χ1) is 8.59. The molecule has 0 heterocycles. The number of benzene rings is 1. The van der Waals surface area contributed by atoms with Crippen molar-refractivity contribution >= 4 is 5.91 Å². The lowest BCUT2D eigenvalue weighted by Gasteiger charge is -2.16. The molecule has 1 aromatic rings. The van der Waals surface area contributed by atoms with Gasteiger partial charge in [0.1, 0.15) is 17.1 Å². The maximum Gasteiger partial charge on any atom is 0.258 e. The van der Waals surface area contributed by atoms with Crippen LogP contribution in [-0.4, -0.2) is 47.2 Å². The van der Waals surface area contributed by atoms with Gasteiger partial charge in [-0.3, -0.25) is 4.79 Å². The molecule has 5 nitrogen and oxygen atoms in total. The minimum Gasteiger partial charge on any atom is -0.507 e. The van der Waals surface area contributed by atoms with Crippen LogP contribution in [0.1, 0.15) is 23.2 Å². The van der Waals surface area contributed by atoms with Crippen LogP contribution in [0.25, 0.3) is 0 Å². The van der Waals surface area contributed by atoms with E-state index in [2.05, 4.69) is 10.2 Å². The van der Waals surface area contributed by atoms with Crippen molar-refractivity contribution in [2.45, 2.75) is 18.9 Å². The van der Waals surface area contributed by atoms with Crippen LogP contribution in [0.2, 0.25) is 0 Å². The number of amides is 1. The van der Waals surface area contributed by atoms with Gasteiger partial charge in [-0.2, -0.15) is 0 Å². The molecule has 2 rings (SSSR count). The van der Waals surface area contributed by atoms with Crippen LogP contribution in [0.5, 0.6) is 11.5 Å². The van der Waals surface area contributed by atoms with Crippen molar-refractivity contribution in [1.29, 1.82) is 0 Å². The Balaban J connectivity index is 1.87. The van der Waals surface area contributed by atoms with Crippen LogP contribution in [0, 0.1) is 0 Å². The number of hydrogen-bond acceptors (Lipinski definition) is 4. The zero-order valence-electron chi connectivity index (χ0n) is 10.4. The molecule has 5 heteroatoms. The molecular weight excluding hydrogens is 232 g/mol. The Morgan fingerprint density at radius 3 is 2.56 bits per heavy atom. The minimum atomic E-state index is -0.449. The Kier molecular flexibility index (Phi) is 3.72. The van der Waals surface area contributed by atoms with Crippen molar-refractivity contribution in [3.63, 3.8) is 0 Å². The van der Waals surface area contributed by atoms with E-state index in [0.717, 1.165) is 6.54 Å². The zero-order valence-corrected chi connectivity index (χ0v) is 10.4. The van der Waals surface area contributed by atoms with Gasteiger partial charge in [0.05, 0.1) is 0 Å². The summed E-state index contributed by atoms with van der Waals surface area (Å²) in [6.45, 7) is 1.27. The van der Waals surface area contributed by atoms with E-state index in [1.54, 1.807) is 0 Å². The van der Waals surface area contributed by atoms with Crippen molar-refractivity contribution in [3.05, 3.63) is 23.8 Å². The molecule has 0 spiro atoms. The predicted molar refractivity (Wildman–Crippen MR) is 67.8 cm³/mol. The van der Waals surface area contributed by atoms with Gasteiger partial charge in [-0.1, -0.05) is 6.07 Å². The molecule has 1 aromatic carbocycles.